The van der Waals surface area contributed by atoms with Gasteiger partial charge in [0, 0.05) is 42.5 Å². The van der Waals surface area contributed by atoms with Crippen LogP contribution in [0.15, 0.2) is 58.7 Å². The fraction of sp³-hybridized carbons (Fsp3) is 0.385. The van der Waals surface area contributed by atoms with Gasteiger partial charge < -0.3 is 14.2 Å². The molecule has 0 aliphatic carbocycles. The van der Waals surface area contributed by atoms with E-state index in [0.29, 0.717) is 25.1 Å². The first-order valence-corrected chi connectivity index (χ1v) is 12.1. The van der Waals surface area contributed by atoms with Crippen molar-refractivity contribution in [3.8, 4) is 0 Å². The molecule has 1 fully saturated rings. The first kappa shape index (κ1) is 22.5. The van der Waals surface area contributed by atoms with E-state index in [0.717, 1.165) is 42.1 Å². The molecule has 1 amide bonds. The molecule has 0 spiro atoms. The lowest BCUT2D eigenvalue weighted by molar-refractivity contribution is 0.0778. The lowest BCUT2D eigenvalue weighted by atomic mass is 10.0. The van der Waals surface area contributed by atoms with E-state index >= 15 is 0 Å². The maximum atomic E-state index is 13.5. The molecule has 6 heteroatoms. The molecule has 1 aromatic carbocycles. The van der Waals surface area contributed by atoms with Gasteiger partial charge >= 0.3 is 0 Å². The first-order chi connectivity index (χ1) is 15.5. The van der Waals surface area contributed by atoms with Crippen molar-refractivity contribution in [1.29, 1.82) is 0 Å². The molecule has 0 radical (unpaired) electrons. The molecule has 0 saturated carbocycles. The molecule has 3 aromatic rings. The highest BCUT2D eigenvalue weighted by Crippen LogP contribution is 2.21. The van der Waals surface area contributed by atoms with E-state index in [1.807, 2.05) is 42.6 Å². The van der Waals surface area contributed by atoms with Gasteiger partial charge in [0.15, 0.2) is 5.43 Å². The largest absolute Gasteiger partial charge is 0.376 e. The SMILES string of the molecule is Cc1cc(=O)c(C(=O)N(C)Cc2cccs2)c(CCc2ccccc2)n1CC1CCCO1. The van der Waals surface area contributed by atoms with Crippen LogP contribution in [0.2, 0.25) is 0 Å². The van der Waals surface area contributed by atoms with Crippen LogP contribution in [0.4, 0.5) is 0 Å². The fourth-order valence-corrected chi connectivity index (χ4v) is 5.13. The van der Waals surface area contributed by atoms with Crippen LogP contribution in [0, 0.1) is 6.92 Å². The molecule has 0 N–H and O–H groups in total. The van der Waals surface area contributed by atoms with E-state index < -0.39 is 0 Å². The van der Waals surface area contributed by atoms with Crippen LogP contribution in [-0.4, -0.2) is 35.1 Å². The first-order valence-electron chi connectivity index (χ1n) is 11.2. The minimum atomic E-state index is -0.215. The maximum Gasteiger partial charge on any atom is 0.259 e. The number of amides is 1. The molecule has 2 aromatic heterocycles. The number of benzene rings is 1. The van der Waals surface area contributed by atoms with E-state index in [-0.39, 0.29) is 17.4 Å². The van der Waals surface area contributed by atoms with Crippen LogP contribution in [-0.2, 0) is 30.7 Å². The Labute approximate surface area is 193 Å². The third-order valence-electron chi connectivity index (χ3n) is 6.06. The van der Waals surface area contributed by atoms with Gasteiger partial charge in [-0.1, -0.05) is 36.4 Å². The van der Waals surface area contributed by atoms with Crippen molar-refractivity contribution in [3.63, 3.8) is 0 Å². The number of aromatic nitrogens is 1. The molecule has 1 aliphatic heterocycles. The summed E-state index contributed by atoms with van der Waals surface area (Å²) in [7, 11) is 1.77. The lowest BCUT2D eigenvalue weighted by Crippen LogP contribution is -2.35. The summed E-state index contributed by atoms with van der Waals surface area (Å²) in [6, 6.07) is 15.8. The molecule has 1 saturated heterocycles. The Morgan fingerprint density at radius 1 is 1.19 bits per heavy atom. The van der Waals surface area contributed by atoms with Crippen LogP contribution >= 0.6 is 11.3 Å². The van der Waals surface area contributed by atoms with Crippen molar-refractivity contribution < 1.29 is 9.53 Å². The summed E-state index contributed by atoms with van der Waals surface area (Å²) in [5.41, 5.74) is 2.99. The van der Waals surface area contributed by atoms with Crippen LogP contribution in [0.1, 0.15) is 45.0 Å². The lowest BCUT2D eigenvalue weighted by Gasteiger charge is -2.24. The Hall–Kier alpha value is -2.70. The highest BCUT2D eigenvalue weighted by Gasteiger charge is 2.25. The van der Waals surface area contributed by atoms with Crippen LogP contribution in [0.25, 0.3) is 0 Å². The number of ether oxygens (including phenoxy) is 1. The number of hydrogen-bond acceptors (Lipinski definition) is 4. The molecule has 0 bridgehead atoms. The second-order valence-electron chi connectivity index (χ2n) is 8.44. The van der Waals surface area contributed by atoms with Gasteiger partial charge in [0.05, 0.1) is 12.6 Å². The fourth-order valence-electron chi connectivity index (χ4n) is 4.37. The van der Waals surface area contributed by atoms with Gasteiger partial charge in [-0.15, -0.1) is 11.3 Å². The number of carbonyl (C=O) groups is 1. The van der Waals surface area contributed by atoms with E-state index in [1.54, 1.807) is 29.4 Å². The zero-order chi connectivity index (χ0) is 22.5. The van der Waals surface area contributed by atoms with Gasteiger partial charge in [-0.05, 0) is 49.6 Å². The molecule has 32 heavy (non-hydrogen) atoms. The van der Waals surface area contributed by atoms with Crippen molar-refractivity contribution in [1.82, 2.24) is 9.47 Å². The number of thiophene rings is 1. The van der Waals surface area contributed by atoms with E-state index in [9.17, 15) is 9.59 Å². The van der Waals surface area contributed by atoms with Gasteiger partial charge in [0.2, 0.25) is 0 Å². The molecule has 168 valence electrons. The Morgan fingerprint density at radius 3 is 2.69 bits per heavy atom. The van der Waals surface area contributed by atoms with Crippen molar-refractivity contribution in [2.45, 2.75) is 51.8 Å². The smallest absolute Gasteiger partial charge is 0.259 e. The van der Waals surface area contributed by atoms with Crippen molar-refractivity contribution >= 4 is 17.2 Å². The van der Waals surface area contributed by atoms with Gasteiger partial charge in [-0.2, -0.15) is 0 Å². The quantitative estimate of drug-likeness (QED) is 0.509. The number of rotatable bonds is 8. The molecular weight excluding hydrogens is 420 g/mol. The minimum absolute atomic E-state index is 0.124. The van der Waals surface area contributed by atoms with Crippen LogP contribution < -0.4 is 5.43 Å². The predicted octanol–water partition coefficient (Wildman–Crippen LogP) is 4.45. The van der Waals surface area contributed by atoms with Gasteiger partial charge in [0.1, 0.15) is 5.56 Å². The Bertz CT molecular complexity index is 1100. The number of pyridine rings is 1. The number of hydrogen-bond donors (Lipinski definition) is 0. The average Bonchev–Trinajstić information content (AvgIpc) is 3.49. The third-order valence-corrected chi connectivity index (χ3v) is 6.92. The normalized spacial score (nSPS) is 15.8. The number of carbonyl (C=O) groups excluding carboxylic acids is 1. The topological polar surface area (TPSA) is 51.5 Å². The minimum Gasteiger partial charge on any atom is -0.376 e. The van der Waals surface area contributed by atoms with Crippen LogP contribution in [0.5, 0.6) is 0 Å². The monoisotopic (exact) mass is 450 g/mol. The summed E-state index contributed by atoms with van der Waals surface area (Å²) in [6.45, 7) is 3.89. The molecule has 1 unspecified atom stereocenters. The Morgan fingerprint density at radius 2 is 2.00 bits per heavy atom. The van der Waals surface area contributed by atoms with Gasteiger partial charge in [0.25, 0.3) is 5.91 Å². The zero-order valence-electron chi connectivity index (χ0n) is 18.8. The standard InChI is InChI=1S/C26H30N2O3S/c1-19-16-24(29)25(26(30)27(2)18-22-11-7-15-32-22)23(13-12-20-8-4-3-5-9-20)28(19)17-21-10-6-14-31-21/h3-5,7-9,11,15-16,21H,6,10,12-14,17-18H2,1-2H3. The van der Waals surface area contributed by atoms with Crippen LogP contribution in [0.3, 0.4) is 0 Å². The van der Waals surface area contributed by atoms with E-state index in [1.165, 1.54) is 5.56 Å². The highest BCUT2D eigenvalue weighted by atomic mass is 32.1. The van der Waals surface area contributed by atoms with Crippen molar-refractivity contribution in [3.05, 3.63) is 91.5 Å². The summed E-state index contributed by atoms with van der Waals surface area (Å²) in [5.74, 6) is -0.215. The predicted molar refractivity (Wildman–Crippen MR) is 128 cm³/mol. The second kappa shape index (κ2) is 10.3. The second-order valence-corrected chi connectivity index (χ2v) is 9.48. The van der Waals surface area contributed by atoms with E-state index in [2.05, 4.69) is 16.7 Å². The van der Waals surface area contributed by atoms with E-state index in [4.69, 9.17) is 4.74 Å². The summed E-state index contributed by atoms with van der Waals surface area (Å²) < 4.78 is 8.03. The van der Waals surface area contributed by atoms with Crippen molar-refractivity contribution in [2.24, 2.45) is 0 Å². The molecule has 3 heterocycles. The molecule has 1 atom stereocenters. The maximum absolute atomic E-state index is 13.5. The van der Waals surface area contributed by atoms with Gasteiger partial charge in [-0.3, -0.25) is 9.59 Å². The third kappa shape index (κ3) is 5.19. The summed E-state index contributed by atoms with van der Waals surface area (Å²) in [5, 5.41) is 2.00. The molecular formula is C26H30N2O3S. The summed E-state index contributed by atoms with van der Waals surface area (Å²) >= 11 is 1.61. The molecule has 4 rings (SSSR count). The number of aryl methyl sites for hydroxylation is 2. The summed E-state index contributed by atoms with van der Waals surface area (Å²) in [4.78, 5) is 29.4. The van der Waals surface area contributed by atoms with Crippen molar-refractivity contribution in [2.75, 3.05) is 13.7 Å². The highest BCUT2D eigenvalue weighted by molar-refractivity contribution is 7.09. The number of nitrogens with zero attached hydrogens (tertiary/aromatic N) is 2. The average molecular weight is 451 g/mol. The van der Waals surface area contributed by atoms with Gasteiger partial charge in [-0.25, -0.2) is 0 Å². The Kier molecular flexibility index (Phi) is 7.22. The Balaban J connectivity index is 1.70. The molecule has 5 nitrogen and oxygen atoms in total. The summed E-state index contributed by atoms with van der Waals surface area (Å²) in [6.07, 6.45) is 3.58. The molecule has 1 aliphatic rings. The zero-order valence-corrected chi connectivity index (χ0v) is 19.6.